The molecule has 3 aromatic carbocycles. The van der Waals surface area contributed by atoms with E-state index in [1.165, 1.54) is 6.07 Å². The molecule has 0 aliphatic carbocycles. The van der Waals surface area contributed by atoms with Gasteiger partial charge in [0, 0.05) is 30.0 Å². The summed E-state index contributed by atoms with van der Waals surface area (Å²) in [6, 6.07) is 20.1. The number of morpholine rings is 1. The van der Waals surface area contributed by atoms with E-state index in [1.54, 1.807) is 24.3 Å². The first-order chi connectivity index (χ1) is 15.6. The van der Waals surface area contributed by atoms with Crippen LogP contribution < -0.4 is 10.2 Å². The zero-order valence-corrected chi connectivity index (χ0v) is 17.7. The lowest BCUT2D eigenvalue weighted by Gasteiger charge is -2.29. The molecule has 6 nitrogen and oxygen atoms in total. The fraction of sp³-hybridized carbons (Fsp3) is 0.200. The number of hydrogen-bond donors (Lipinski definition) is 1. The van der Waals surface area contributed by atoms with Crippen LogP contribution in [0.4, 0.5) is 15.8 Å². The van der Waals surface area contributed by atoms with Gasteiger partial charge < -0.3 is 15.0 Å². The molecule has 1 amide bonds. The number of amides is 1. The topological polar surface area (TPSA) is 59.4 Å². The number of halogens is 1. The second kappa shape index (κ2) is 8.43. The van der Waals surface area contributed by atoms with Crippen LogP contribution in [-0.4, -0.2) is 41.8 Å². The number of carbonyl (C=O) groups is 1. The SMILES string of the molecule is Cc1nc2cc(C(=O)Nc3ccc(N4CCOCC4)c(F)c3)ccc2n1-c1ccccc1. The molecular formula is C25H23FN4O2. The molecule has 5 rings (SSSR count). The van der Waals surface area contributed by atoms with E-state index in [0.29, 0.717) is 43.2 Å². The number of rotatable bonds is 4. The van der Waals surface area contributed by atoms with Crippen LogP contribution in [0.5, 0.6) is 0 Å². The minimum Gasteiger partial charge on any atom is -0.378 e. The minimum absolute atomic E-state index is 0.308. The molecule has 0 radical (unpaired) electrons. The highest BCUT2D eigenvalue weighted by Crippen LogP contribution is 2.25. The van der Waals surface area contributed by atoms with E-state index in [-0.39, 0.29) is 11.7 Å². The summed E-state index contributed by atoms with van der Waals surface area (Å²) in [7, 11) is 0. The van der Waals surface area contributed by atoms with Crippen LogP contribution >= 0.6 is 0 Å². The van der Waals surface area contributed by atoms with Crippen molar-refractivity contribution in [1.82, 2.24) is 9.55 Å². The predicted molar refractivity (Wildman–Crippen MR) is 123 cm³/mol. The molecule has 4 aromatic rings. The van der Waals surface area contributed by atoms with E-state index in [1.807, 2.05) is 48.2 Å². The van der Waals surface area contributed by atoms with Gasteiger partial charge in [0.15, 0.2) is 0 Å². The molecule has 0 saturated carbocycles. The van der Waals surface area contributed by atoms with E-state index < -0.39 is 0 Å². The molecule has 1 saturated heterocycles. The summed E-state index contributed by atoms with van der Waals surface area (Å²) in [5.74, 6) is 0.166. The number of nitrogens with zero attached hydrogens (tertiary/aromatic N) is 3. The molecule has 0 unspecified atom stereocenters. The van der Waals surface area contributed by atoms with Gasteiger partial charge in [0.1, 0.15) is 11.6 Å². The van der Waals surface area contributed by atoms with Gasteiger partial charge >= 0.3 is 0 Å². The Hall–Kier alpha value is -3.71. The molecule has 0 atom stereocenters. The molecule has 1 fully saturated rings. The highest BCUT2D eigenvalue weighted by Gasteiger charge is 2.17. The Bertz CT molecular complexity index is 1280. The average molecular weight is 430 g/mol. The molecule has 0 spiro atoms. The summed E-state index contributed by atoms with van der Waals surface area (Å²) in [5, 5.41) is 2.79. The fourth-order valence-corrected chi connectivity index (χ4v) is 4.09. The van der Waals surface area contributed by atoms with Crippen molar-refractivity contribution >= 4 is 28.3 Å². The van der Waals surface area contributed by atoms with Gasteiger partial charge in [-0.3, -0.25) is 9.36 Å². The quantitative estimate of drug-likeness (QED) is 0.516. The van der Waals surface area contributed by atoms with Gasteiger partial charge in [-0.05, 0) is 55.5 Å². The molecule has 1 N–H and O–H groups in total. The minimum atomic E-state index is -0.364. The smallest absolute Gasteiger partial charge is 0.255 e. The van der Waals surface area contributed by atoms with Crippen LogP contribution in [0.2, 0.25) is 0 Å². The Morgan fingerprint density at radius 3 is 2.56 bits per heavy atom. The van der Waals surface area contributed by atoms with Crippen molar-refractivity contribution in [1.29, 1.82) is 0 Å². The number of fused-ring (bicyclic) bond motifs is 1. The third-order valence-electron chi connectivity index (χ3n) is 5.66. The predicted octanol–water partition coefficient (Wildman–Crippen LogP) is 4.56. The van der Waals surface area contributed by atoms with Crippen molar-refractivity contribution in [2.45, 2.75) is 6.92 Å². The summed E-state index contributed by atoms with van der Waals surface area (Å²) in [6.07, 6.45) is 0. The normalized spacial score (nSPS) is 14.0. The van der Waals surface area contributed by atoms with Crippen molar-refractivity contribution < 1.29 is 13.9 Å². The zero-order valence-electron chi connectivity index (χ0n) is 17.7. The Balaban J connectivity index is 1.38. The first kappa shape index (κ1) is 20.2. The molecule has 0 bridgehead atoms. The lowest BCUT2D eigenvalue weighted by atomic mass is 10.1. The molecule has 1 aromatic heterocycles. The number of para-hydroxylation sites is 1. The third-order valence-corrected chi connectivity index (χ3v) is 5.66. The van der Waals surface area contributed by atoms with Gasteiger partial charge in [0.05, 0.1) is 29.9 Å². The number of aryl methyl sites for hydroxylation is 1. The summed E-state index contributed by atoms with van der Waals surface area (Å²) in [6.45, 7) is 4.40. The molecule has 7 heteroatoms. The summed E-state index contributed by atoms with van der Waals surface area (Å²) in [4.78, 5) is 19.4. The van der Waals surface area contributed by atoms with E-state index in [2.05, 4.69) is 14.9 Å². The highest BCUT2D eigenvalue weighted by atomic mass is 19.1. The number of aromatic nitrogens is 2. The second-order valence-corrected chi connectivity index (χ2v) is 7.75. The van der Waals surface area contributed by atoms with Crippen LogP contribution in [-0.2, 0) is 4.74 Å². The standard InChI is InChI=1S/C25H23FN4O2/c1-17-27-22-15-18(7-9-24(22)30(17)20-5-3-2-4-6-20)25(31)28-19-8-10-23(21(26)16-19)29-11-13-32-14-12-29/h2-10,15-16H,11-14H2,1H3,(H,28,31). The molecule has 1 aliphatic heterocycles. The first-order valence-electron chi connectivity index (χ1n) is 10.6. The van der Waals surface area contributed by atoms with Crippen molar-refractivity contribution in [3.63, 3.8) is 0 Å². The number of anilines is 2. The van der Waals surface area contributed by atoms with Crippen LogP contribution in [0.1, 0.15) is 16.2 Å². The van der Waals surface area contributed by atoms with Gasteiger partial charge in [-0.25, -0.2) is 9.37 Å². The van der Waals surface area contributed by atoms with Gasteiger partial charge in [0.25, 0.3) is 5.91 Å². The van der Waals surface area contributed by atoms with Crippen molar-refractivity contribution in [2.75, 3.05) is 36.5 Å². The van der Waals surface area contributed by atoms with Gasteiger partial charge in [-0.2, -0.15) is 0 Å². The third kappa shape index (κ3) is 3.83. The van der Waals surface area contributed by atoms with Crippen molar-refractivity contribution in [3.8, 4) is 5.69 Å². The van der Waals surface area contributed by atoms with Crippen molar-refractivity contribution in [2.24, 2.45) is 0 Å². The number of nitrogens with one attached hydrogen (secondary N) is 1. The van der Waals surface area contributed by atoms with Crippen molar-refractivity contribution in [3.05, 3.63) is 83.9 Å². The summed E-state index contributed by atoms with van der Waals surface area (Å²) >= 11 is 0. The number of carbonyl (C=O) groups excluding carboxylic acids is 1. The van der Waals surface area contributed by atoms with E-state index >= 15 is 0 Å². The highest BCUT2D eigenvalue weighted by molar-refractivity contribution is 6.06. The van der Waals surface area contributed by atoms with E-state index in [4.69, 9.17) is 4.74 Å². The molecule has 32 heavy (non-hydrogen) atoms. The molecule has 162 valence electrons. The van der Waals surface area contributed by atoms with E-state index in [9.17, 15) is 9.18 Å². The Morgan fingerprint density at radius 2 is 1.81 bits per heavy atom. The van der Waals surface area contributed by atoms with Gasteiger partial charge in [0.2, 0.25) is 0 Å². The maximum atomic E-state index is 14.7. The van der Waals surface area contributed by atoms with Crippen LogP contribution in [0.15, 0.2) is 66.7 Å². The number of hydrogen-bond acceptors (Lipinski definition) is 4. The number of ether oxygens (including phenoxy) is 1. The maximum Gasteiger partial charge on any atom is 0.255 e. The molecule has 1 aliphatic rings. The monoisotopic (exact) mass is 430 g/mol. The molecule has 2 heterocycles. The zero-order chi connectivity index (χ0) is 22.1. The maximum absolute atomic E-state index is 14.7. The second-order valence-electron chi connectivity index (χ2n) is 7.75. The molecular weight excluding hydrogens is 407 g/mol. The number of benzene rings is 3. The Kier molecular flexibility index (Phi) is 5.33. The fourth-order valence-electron chi connectivity index (χ4n) is 4.09. The van der Waals surface area contributed by atoms with Crippen LogP contribution in [0.25, 0.3) is 16.7 Å². The summed E-state index contributed by atoms with van der Waals surface area (Å²) in [5.41, 5.74) is 4.07. The average Bonchev–Trinajstić information content (AvgIpc) is 3.15. The van der Waals surface area contributed by atoms with E-state index in [0.717, 1.165) is 22.5 Å². The van der Waals surface area contributed by atoms with Crippen LogP contribution in [0, 0.1) is 12.7 Å². The largest absolute Gasteiger partial charge is 0.378 e. The summed E-state index contributed by atoms with van der Waals surface area (Å²) < 4.78 is 22.0. The van der Waals surface area contributed by atoms with Gasteiger partial charge in [-0.15, -0.1) is 0 Å². The van der Waals surface area contributed by atoms with Gasteiger partial charge in [-0.1, -0.05) is 18.2 Å². The lowest BCUT2D eigenvalue weighted by Crippen LogP contribution is -2.36. The Morgan fingerprint density at radius 1 is 1.03 bits per heavy atom. The van der Waals surface area contributed by atoms with Crippen LogP contribution in [0.3, 0.4) is 0 Å². The Labute approximate surface area is 185 Å². The first-order valence-corrected chi connectivity index (χ1v) is 10.6. The number of imidazole rings is 1. The lowest BCUT2D eigenvalue weighted by molar-refractivity contribution is 0.102.